The molecule has 1 aliphatic heterocycles. The van der Waals surface area contributed by atoms with Crippen molar-refractivity contribution in [2.45, 2.75) is 18.0 Å². The minimum Gasteiger partial charge on any atom is -0.315 e. The van der Waals surface area contributed by atoms with Gasteiger partial charge in [0, 0.05) is 35.6 Å². The van der Waals surface area contributed by atoms with E-state index in [1.165, 1.54) is 0 Å². The maximum Gasteiger partial charge on any atom is 0.330 e. The van der Waals surface area contributed by atoms with Gasteiger partial charge in [-0.05, 0) is 48.2 Å². The summed E-state index contributed by atoms with van der Waals surface area (Å²) in [5, 5.41) is 0. The van der Waals surface area contributed by atoms with Crippen molar-refractivity contribution in [3.8, 4) is 0 Å². The van der Waals surface area contributed by atoms with E-state index in [2.05, 4.69) is 9.97 Å². The summed E-state index contributed by atoms with van der Waals surface area (Å²) >= 11 is 1.65. The van der Waals surface area contributed by atoms with Gasteiger partial charge in [0.15, 0.2) is 0 Å². The van der Waals surface area contributed by atoms with Crippen LogP contribution in [0.4, 0.5) is 16.3 Å². The molecule has 130 valence electrons. The Labute approximate surface area is 156 Å². The van der Waals surface area contributed by atoms with Crippen LogP contribution in [0.25, 0.3) is 0 Å². The van der Waals surface area contributed by atoms with E-state index in [1.807, 2.05) is 59.7 Å². The zero-order valence-corrected chi connectivity index (χ0v) is 15.2. The molecule has 0 fully saturated rings. The van der Waals surface area contributed by atoms with E-state index in [-0.39, 0.29) is 6.03 Å². The number of urea groups is 1. The van der Waals surface area contributed by atoms with E-state index >= 15 is 0 Å². The van der Waals surface area contributed by atoms with Crippen LogP contribution in [0.3, 0.4) is 0 Å². The van der Waals surface area contributed by atoms with Gasteiger partial charge in [-0.25, -0.2) is 14.7 Å². The molecule has 0 aliphatic carbocycles. The zero-order chi connectivity index (χ0) is 17.9. The normalized spacial score (nSPS) is 13.7. The highest BCUT2D eigenvalue weighted by Gasteiger charge is 2.32. The number of hydrogen-bond donors (Lipinski definition) is 0. The average molecular weight is 362 g/mol. The van der Waals surface area contributed by atoms with Gasteiger partial charge in [-0.3, -0.25) is 4.98 Å². The van der Waals surface area contributed by atoms with Gasteiger partial charge < -0.3 is 4.90 Å². The Morgan fingerprint density at radius 1 is 1.08 bits per heavy atom. The lowest BCUT2D eigenvalue weighted by Gasteiger charge is -2.36. The molecule has 1 aromatic carbocycles. The summed E-state index contributed by atoms with van der Waals surface area (Å²) in [5.41, 5.74) is 2.93. The lowest BCUT2D eigenvalue weighted by atomic mass is 10.1. The zero-order valence-electron chi connectivity index (χ0n) is 14.4. The van der Waals surface area contributed by atoms with Crippen LogP contribution >= 0.6 is 11.8 Å². The van der Waals surface area contributed by atoms with E-state index in [9.17, 15) is 4.79 Å². The van der Waals surface area contributed by atoms with Crippen molar-refractivity contribution in [3.05, 3.63) is 78.2 Å². The van der Waals surface area contributed by atoms with E-state index in [0.29, 0.717) is 18.9 Å². The summed E-state index contributed by atoms with van der Waals surface area (Å²) < 4.78 is 0. The SMILES string of the molecule is CSc1cccc(N2C(=O)N(Cc3ccncc3)Cc3cccnc32)c1. The average Bonchev–Trinajstić information content (AvgIpc) is 2.69. The molecule has 4 rings (SSSR count). The standard InChI is InChI=1S/C20H18N4OS/c1-26-18-6-2-5-17(12-18)24-19-16(4-3-9-22-19)14-23(20(24)25)13-15-7-10-21-11-8-15/h2-12H,13-14H2,1H3. The van der Waals surface area contributed by atoms with Gasteiger partial charge in [0.25, 0.3) is 0 Å². The molecule has 2 amide bonds. The molecule has 26 heavy (non-hydrogen) atoms. The molecule has 0 saturated carbocycles. The minimum atomic E-state index is -0.0636. The maximum absolute atomic E-state index is 13.3. The molecule has 3 aromatic rings. The van der Waals surface area contributed by atoms with Crippen molar-refractivity contribution in [1.29, 1.82) is 0 Å². The first-order valence-corrected chi connectivity index (χ1v) is 9.54. The van der Waals surface area contributed by atoms with Gasteiger partial charge in [-0.1, -0.05) is 12.1 Å². The quantitative estimate of drug-likeness (QED) is 0.643. The Hall–Kier alpha value is -2.86. The first-order chi connectivity index (χ1) is 12.8. The fourth-order valence-corrected chi connectivity index (χ4v) is 3.53. The number of aromatic nitrogens is 2. The minimum absolute atomic E-state index is 0.0636. The number of pyridine rings is 2. The fraction of sp³-hybridized carbons (Fsp3) is 0.150. The predicted octanol–water partition coefficient (Wildman–Crippen LogP) is 4.47. The molecule has 3 heterocycles. The molecule has 0 bridgehead atoms. The smallest absolute Gasteiger partial charge is 0.315 e. The van der Waals surface area contributed by atoms with Crippen LogP contribution in [0.15, 0.2) is 72.0 Å². The Balaban J connectivity index is 1.74. The highest BCUT2D eigenvalue weighted by Crippen LogP contribution is 2.35. The highest BCUT2D eigenvalue weighted by atomic mass is 32.2. The van der Waals surface area contributed by atoms with Gasteiger partial charge in [-0.15, -0.1) is 11.8 Å². The molecular formula is C20H18N4OS. The topological polar surface area (TPSA) is 49.3 Å². The highest BCUT2D eigenvalue weighted by molar-refractivity contribution is 7.98. The lowest BCUT2D eigenvalue weighted by molar-refractivity contribution is 0.198. The second-order valence-electron chi connectivity index (χ2n) is 6.02. The number of carbonyl (C=O) groups is 1. The van der Waals surface area contributed by atoms with Gasteiger partial charge in [0.2, 0.25) is 0 Å². The van der Waals surface area contributed by atoms with Crippen LogP contribution in [0.1, 0.15) is 11.1 Å². The van der Waals surface area contributed by atoms with E-state index < -0.39 is 0 Å². The number of anilines is 2. The van der Waals surface area contributed by atoms with Gasteiger partial charge >= 0.3 is 6.03 Å². The number of amides is 2. The second-order valence-corrected chi connectivity index (χ2v) is 6.90. The first-order valence-electron chi connectivity index (χ1n) is 8.32. The molecule has 6 heteroatoms. The van der Waals surface area contributed by atoms with Crippen molar-refractivity contribution >= 4 is 29.3 Å². The Morgan fingerprint density at radius 2 is 1.92 bits per heavy atom. The molecule has 0 radical (unpaired) electrons. The molecule has 0 saturated heterocycles. The number of benzene rings is 1. The van der Waals surface area contributed by atoms with Crippen molar-refractivity contribution in [1.82, 2.24) is 14.9 Å². The first kappa shape index (κ1) is 16.6. The Kier molecular flexibility index (Phi) is 4.58. The molecule has 0 spiro atoms. The largest absolute Gasteiger partial charge is 0.330 e. The van der Waals surface area contributed by atoms with Gasteiger partial charge in [0.05, 0.1) is 12.2 Å². The van der Waals surface area contributed by atoms with E-state index in [4.69, 9.17) is 0 Å². The number of thioether (sulfide) groups is 1. The van der Waals surface area contributed by atoms with Crippen LogP contribution < -0.4 is 4.90 Å². The predicted molar refractivity (Wildman–Crippen MR) is 103 cm³/mol. The van der Waals surface area contributed by atoms with Gasteiger partial charge in [0.1, 0.15) is 5.82 Å². The second kappa shape index (κ2) is 7.17. The summed E-state index contributed by atoms with van der Waals surface area (Å²) in [6.45, 7) is 1.08. The maximum atomic E-state index is 13.3. The number of rotatable bonds is 4. The van der Waals surface area contributed by atoms with Crippen LogP contribution in [0.2, 0.25) is 0 Å². The number of nitrogens with zero attached hydrogens (tertiary/aromatic N) is 4. The lowest BCUT2D eigenvalue weighted by Crippen LogP contribution is -2.44. The molecular weight excluding hydrogens is 344 g/mol. The number of fused-ring (bicyclic) bond motifs is 1. The van der Waals surface area contributed by atoms with Crippen molar-refractivity contribution in [2.24, 2.45) is 0 Å². The van der Waals surface area contributed by atoms with Gasteiger partial charge in [-0.2, -0.15) is 0 Å². The molecule has 1 aliphatic rings. The van der Waals surface area contributed by atoms with Crippen molar-refractivity contribution in [2.75, 3.05) is 11.2 Å². The summed E-state index contributed by atoms with van der Waals surface area (Å²) in [5.74, 6) is 0.710. The number of carbonyl (C=O) groups excluding carboxylic acids is 1. The molecule has 0 N–H and O–H groups in total. The van der Waals surface area contributed by atoms with Crippen LogP contribution in [-0.4, -0.2) is 27.2 Å². The summed E-state index contributed by atoms with van der Waals surface area (Å²) in [7, 11) is 0. The Bertz CT molecular complexity index is 932. The molecule has 0 atom stereocenters. The molecule has 5 nitrogen and oxygen atoms in total. The van der Waals surface area contributed by atoms with Crippen LogP contribution in [-0.2, 0) is 13.1 Å². The fourth-order valence-electron chi connectivity index (χ4n) is 3.07. The third-order valence-corrected chi connectivity index (χ3v) is 5.06. The van der Waals surface area contributed by atoms with E-state index in [0.717, 1.165) is 21.7 Å². The molecule has 2 aromatic heterocycles. The van der Waals surface area contributed by atoms with Crippen LogP contribution in [0.5, 0.6) is 0 Å². The summed E-state index contributed by atoms with van der Waals surface area (Å²) in [4.78, 5) is 26.5. The van der Waals surface area contributed by atoms with Crippen molar-refractivity contribution in [3.63, 3.8) is 0 Å². The summed E-state index contributed by atoms with van der Waals surface area (Å²) in [6, 6.07) is 15.7. The number of hydrogen-bond acceptors (Lipinski definition) is 4. The Morgan fingerprint density at radius 3 is 2.73 bits per heavy atom. The monoisotopic (exact) mass is 362 g/mol. The van der Waals surface area contributed by atoms with E-state index in [1.54, 1.807) is 35.3 Å². The third-order valence-electron chi connectivity index (χ3n) is 4.34. The van der Waals surface area contributed by atoms with Crippen molar-refractivity contribution < 1.29 is 4.79 Å². The summed E-state index contributed by atoms with van der Waals surface area (Å²) in [6.07, 6.45) is 7.26. The molecule has 0 unspecified atom stereocenters. The van der Waals surface area contributed by atoms with Crippen LogP contribution in [0, 0.1) is 0 Å². The third kappa shape index (κ3) is 3.15.